The summed E-state index contributed by atoms with van der Waals surface area (Å²) in [7, 11) is 1.14. The van der Waals surface area contributed by atoms with Crippen molar-refractivity contribution in [3.05, 3.63) is 48.3 Å². The summed E-state index contributed by atoms with van der Waals surface area (Å²) in [6.07, 6.45) is 1.83. The summed E-state index contributed by atoms with van der Waals surface area (Å²) in [6.45, 7) is 6.79. The van der Waals surface area contributed by atoms with Crippen molar-refractivity contribution in [2.24, 2.45) is 0 Å². The molecule has 110 valence electrons. The molecule has 0 aliphatic carbocycles. The molecule has 1 unspecified atom stereocenters. The van der Waals surface area contributed by atoms with Crippen molar-refractivity contribution in [2.45, 2.75) is 31.8 Å². The first-order valence-corrected chi connectivity index (χ1v) is 8.47. The van der Waals surface area contributed by atoms with E-state index in [1.54, 1.807) is 7.11 Å². The van der Waals surface area contributed by atoms with Crippen LogP contribution >= 0.6 is 7.92 Å². The minimum absolute atomic E-state index is 0.00694. The van der Waals surface area contributed by atoms with Gasteiger partial charge in [-0.1, -0.05) is 32.9 Å². The van der Waals surface area contributed by atoms with Gasteiger partial charge in [0.25, 0.3) is 0 Å². The molecule has 1 aromatic heterocycles. The van der Waals surface area contributed by atoms with Crippen LogP contribution in [0.15, 0.2) is 42.6 Å². The van der Waals surface area contributed by atoms with Crippen LogP contribution in [0.2, 0.25) is 0 Å². The highest BCUT2D eigenvalue weighted by molar-refractivity contribution is 7.68. The van der Waals surface area contributed by atoms with Crippen LogP contribution in [-0.2, 0) is 0 Å². The predicted molar refractivity (Wildman–Crippen MR) is 86.9 cm³/mol. The third-order valence-corrected chi connectivity index (χ3v) is 6.77. The van der Waals surface area contributed by atoms with Crippen molar-refractivity contribution in [3.8, 4) is 11.5 Å². The molecule has 0 spiro atoms. The van der Waals surface area contributed by atoms with Crippen LogP contribution in [0.1, 0.15) is 32.3 Å². The van der Waals surface area contributed by atoms with E-state index in [1.807, 2.05) is 42.6 Å². The molecular formula is C17H20NO2P. The third-order valence-electron chi connectivity index (χ3n) is 3.56. The number of rotatable bonds is 2. The van der Waals surface area contributed by atoms with Gasteiger partial charge in [-0.25, -0.2) is 0 Å². The molecule has 2 aromatic rings. The van der Waals surface area contributed by atoms with Gasteiger partial charge in [0.15, 0.2) is 5.85 Å². The topological polar surface area (TPSA) is 31.4 Å². The highest BCUT2D eigenvalue weighted by Crippen LogP contribution is 2.65. The van der Waals surface area contributed by atoms with Gasteiger partial charge in [0.1, 0.15) is 11.5 Å². The number of hydrogen-bond donors (Lipinski definition) is 0. The van der Waals surface area contributed by atoms with Crippen molar-refractivity contribution in [1.29, 1.82) is 0 Å². The van der Waals surface area contributed by atoms with E-state index in [-0.39, 0.29) is 11.0 Å². The summed E-state index contributed by atoms with van der Waals surface area (Å²) in [5.74, 6) is 1.85. The first kappa shape index (κ1) is 14.3. The first-order chi connectivity index (χ1) is 10.0. The number of ether oxygens (including phenoxy) is 2. The van der Waals surface area contributed by atoms with Gasteiger partial charge in [0.2, 0.25) is 0 Å². The van der Waals surface area contributed by atoms with E-state index in [2.05, 4.69) is 25.8 Å². The fourth-order valence-corrected chi connectivity index (χ4v) is 5.70. The monoisotopic (exact) mass is 301 g/mol. The highest BCUT2D eigenvalue weighted by atomic mass is 31.1. The second-order valence-corrected chi connectivity index (χ2v) is 9.07. The molecule has 1 aliphatic rings. The number of pyridine rings is 1. The molecule has 3 rings (SSSR count). The number of benzene rings is 1. The van der Waals surface area contributed by atoms with Gasteiger partial charge >= 0.3 is 0 Å². The molecule has 0 saturated carbocycles. The first-order valence-electron chi connectivity index (χ1n) is 7.06. The molecule has 4 heteroatoms. The van der Waals surface area contributed by atoms with E-state index in [0.717, 1.165) is 17.2 Å². The lowest BCUT2D eigenvalue weighted by Crippen LogP contribution is -2.21. The molecule has 2 heterocycles. The molecule has 2 atom stereocenters. The van der Waals surface area contributed by atoms with Gasteiger partial charge in [-0.3, -0.25) is 4.98 Å². The number of nitrogens with zero attached hydrogens (tertiary/aromatic N) is 1. The Balaban J connectivity index is 2.14. The van der Waals surface area contributed by atoms with Crippen molar-refractivity contribution < 1.29 is 9.47 Å². The molecular weight excluding hydrogens is 281 g/mol. The normalized spacial score (nSPS) is 20.8. The number of aromatic nitrogens is 1. The van der Waals surface area contributed by atoms with Crippen LogP contribution in [0, 0.1) is 0 Å². The largest absolute Gasteiger partial charge is 0.496 e. The van der Waals surface area contributed by atoms with Crippen molar-refractivity contribution in [1.82, 2.24) is 4.98 Å². The summed E-state index contributed by atoms with van der Waals surface area (Å²) in [5, 5.41) is 1.33. The van der Waals surface area contributed by atoms with Crippen LogP contribution in [0.5, 0.6) is 11.5 Å². The maximum atomic E-state index is 6.26. The Morgan fingerprint density at radius 2 is 1.95 bits per heavy atom. The minimum Gasteiger partial charge on any atom is -0.496 e. The molecule has 0 N–H and O–H groups in total. The maximum Gasteiger partial charge on any atom is 0.163 e. The summed E-state index contributed by atoms with van der Waals surface area (Å²) >= 11 is 0. The van der Waals surface area contributed by atoms with E-state index >= 15 is 0 Å². The van der Waals surface area contributed by atoms with Crippen LogP contribution in [0.3, 0.4) is 0 Å². The zero-order chi connectivity index (χ0) is 15.0. The van der Waals surface area contributed by atoms with Gasteiger partial charge in [0.05, 0.1) is 18.1 Å². The van der Waals surface area contributed by atoms with Gasteiger partial charge in [-0.15, -0.1) is 0 Å². The second-order valence-electron chi connectivity index (χ2n) is 6.07. The lowest BCUT2D eigenvalue weighted by atomic mass is 10.3. The molecule has 0 radical (unpaired) electrons. The quantitative estimate of drug-likeness (QED) is 0.783. The zero-order valence-corrected chi connectivity index (χ0v) is 13.7. The summed E-state index contributed by atoms with van der Waals surface area (Å²) in [5.41, 5.74) is 0.997. The minimum atomic E-state index is -0.578. The van der Waals surface area contributed by atoms with E-state index in [1.165, 1.54) is 5.30 Å². The molecule has 0 fully saturated rings. The molecule has 0 saturated heterocycles. The smallest absolute Gasteiger partial charge is 0.163 e. The van der Waals surface area contributed by atoms with Crippen molar-refractivity contribution in [2.75, 3.05) is 7.11 Å². The number of fused-ring (bicyclic) bond motifs is 1. The van der Waals surface area contributed by atoms with Crippen molar-refractivity contribution >= 4 is 13.2 Å². The fourth-order valence-electron chi connectivity index (χ4n) is 2.69. The summed E-state index contributed by atoms with van der Waals surface area (Å²) < 4.78 is 11.8. The summed E-state index contributed by atoms with van der Waals surface area (Å²) in [6, 6.07) is 12.0. The Morgan fingerprint density at radius 3 is 2.57 bits per heavy atom. The van der Waals surface area contributed by atoms with Crippen LogP contribution < -0.4 is 14.8 Å². The molecule has 21 heavy (non-hydrogen) atoms. The zero-order valence-electron chi connectivity index (χ0n) is 12.8. The number of hydrogen-bond acceptors (Lipinski definition) is 3. The Kier molecular flexibility index (Phi) is 3.62. The predicted octanol–water partition coefficient (Wildman–Crippen LogP) is 4.09. The van der Waals surface area contributed by atoms with Crippen molar-refractivity contribution in [3.63, 3.8) is 0 Å². The molecule has 0 bridgehead atoms. The molecule has 0 amide bonds. The van der Waals surface area contributed by atoms with Gasteiger partial charge in [-0.2, -0.15) is 0 Å². The SMILES string of the molecule is COc1cccc2c1P(C(C)(C)C)[C@H](c1ccccn1)O2. The average Bonchev–Trinajstić information content (AvgIpc) is 2.87. The Bertz CT molecular complexity index is 637. The summed E-state index contributed by atoms with van der Waals surface area (Å²) in [4.78, 5) is 4.51. The van der Waals surface area contributed by atoms with Crippen LogP contribution in [-0.4, -0.2) is 17.2 Å². The van der Waals surface area contributed by atoms with E-state index in [4.69, 9.17) is 9.47 Å². The Labute approximate surface area is 127 Å². The second kappa shape index (κ2) is 5.31. The van der Waals surface area contributed by atoms with Crippen LogP contribution in [0.25, 0.3) is 0 Å². The van der Waals surface area contributed by atoms with E-state index < -0.39 is 7.92 Å². The Morgan fingerprint density at radius 1 is 1.14 bits per heavy atom. The van der Waals surface area contributed by atoms with Crippen LogP contribution in [0.4, 0.5) is 0 Å². The Hall–Kier alpha value is -1.60. The van der Waals surface area contributed by atoms with E-state index in [9.17, 15) is 0 Å². The van der Waals surface area contributed by atoms with Gasteiger partial charge in [-0.05, 0) is 37.3 Å². The lowest BCUT2D eigenvalue weighted by Gasteiger charge is -2.31. The van der Waals surface area contributed by atoms with Gasteiger partial charge in [0, 0.05) is 6.20 Å². The molecule has 1 aromatic carbocycles. The molecule has 1 aliphatic heterocycles. The number of methoxy groups -OCH3 is 1. The average molecular weight is 301 g/mol. The third kappa shape index (κ3) is 2.51. The fraction of sp³-hybridized carbons (Fsp3) is 0.353. The lowest BCUT2D eigenvalue weighted by molar-refractivity contribution is 0.294. The standard InChI is InChI=1S/C17H20NO2P/c1-17(2,3)21-15-13(19-4)9-7-10-14(15)20-16(21)12-8-5-6-11-18-12/h5-11,16H,1-4H3/t16-,21?/m1/s1. The maximum absolute atomic E-state index is 6.26. The highest BCUT2D eigenvalue weighted by Gasteiger charge is 2.44. The molecule has 3 nitrogen and oxygen atoms in total. The van der Waals surface area contributed by atoms with E-state index in [0.29, 0.717) is 0 Å². The van der Waals surface area contributed by atoms with Gasteiger partial charge < -0.3 is 9.47 Å².